The van der Waals surface area contributed by atoms with E-state index in [1.807, 2.05) is 0 Å². The van der Waals surface area contributed by atoms with Gasteiger partial charge >= 0.3 is 11.8 Å². The van der Waals surface area contributed by atoms with E-state index in [0.29, 0.717) is 6.54 Å². The molecule has 3 nitrogen and oxygen atoms in total. The molecule has 1 aromatic carbocycles. The summed E-state index contributed by atoms with van der Waals surface area (Å²) in [6.07, 6.45) is -4.46. The van der Waals surface area contributed by atoms with E-state index in [2.05, 4.69) is 5.32 Å². The molecule has 2 aromatic rings. The highest BCUT2D eigenvalue weighted by Crippen LogP contribution is 2.37. The summed E-state index contributed by atoms with van der Waals surface area (Å²) < 4.78 is 43.4. The third-order valence-corrected chi connectivity index (χ3v) is 2.43. The minimum Gasteiger partial charge on any atom is -0.423 e. The van der Waals surface area contributed by atoms with Crippen LogP contribution in [0.5, 0.6) is 0 Å². The molecule has 0 spiro atoms. The molecule has 1 aromatic heterocycles. The van der Waals surface area contributed by atoms with Crippen LogP contribution in [0.15, 0.2) is 33.5 Å². The molecule has 6 heteroatoms. The lowest BCUT2D eigenvalue weighted by molar-refractivity contribution is -0.136. The van der Waals surface area contributed by atoms with E-state index < -0.39 is 17.4 Å². The van der Waals surface area contributed by atoms with Gasteiger partial charge in [-0.3, -0.25) is 0 Å². The zero-order valence-corrected chi connectivity index (χ0v) is 9.47. The van der Waals surface area contributed by atoms with E-state index in [0.717, 1.165) is 12.1 Å². The topological polar surface area (TPSA) is 42.2 Å². The number of hydrogen-bond donors (Lipinski definition) is 1. The molecule has 18 heavy (non-hydrogen) atoms. The van der Waals surface area contributed by atoms with Gasteiger partial charge in [-0.05, 0) is 19.1 Å². The highest BCUT2D eigenvalue weighted by molar-refractivity contribution is 5.82. The molecule has 2 rings (SSSR count). The monoisotopic (exact) mass is 257 g/mol. The summed E-state index contributed by atoms with van der Waals surface area (Å²) in [5, 5.41) is 2.85. The van der Waals surface area contributed by atoms with E-state index in [9.17, 15) is 18.0 Å². The number of fused-ring (bicyclic) bond motifs is 1. The zero-order chi connectivity index (χ0) is 13.3. The molecule has 0 bridgehead atoms. The van der Waals surface area contributed by atoms with E-state index in [-0.39, 0.29) is 16.7 Å². The van der Waals surface area contributed by atoms with Crippen molar-refractivity contribution in [2.45, 2.75) is 13.1 Å². The van der Waals surface area contributed by atoms with Crippen LogP contribution in [0.3, 0.4) is 0 Å². The Balaban J connectivity index is 2.72. The second-order valence-electron chi connectivity index (χ2n) is 3.72. The average molecular weight is 257 g/mol. The molecule has 0 aliphatic carbocycles. The number of halogens is 3. The standard InChI is InChI=1S/C12H10F3NO2/c1-2-16-9-6-10-7(3-4-11(17)18-10)5-8(9)12(13,14)15/h3-6,16H,2H2,1H3. The summed E-state index contributed by atoms with van der Waals surface area (Å²) >= 11 is 0. The molecule has 0 unspecified atom stereocenters. The Morgan fingerprint density at radius 3 is 2.61 bits per heavy atom. The van der Waals surface area contributed by atoms with E-state index in [1.165, 1.54) is 12.1 Å². The maximum Gasteiger partial charge on any atom is 0.418 e. The van der Waals surface area contributed by atoms with Gasteiger partial charge in [0.25, 0.3) is 0 Å². The van der Waals surface area contributed by atoms with Crippen molar-refractivity contribution < 1.29 is 17.6 Å². The van der Waals surface area contributed by atoms with Crippen molar-refractivity contribution in [3.8, 4) is 0 Å². The molecule has 0 fully saturated rings. The van der Waals surface area contributed by atoms with Gasteiger partial charge in [0.1, 0.15) is 5.58 Å². The Morgan fingerprint density at radius 2 is 2.00 bits per heavy atom. The zero-order valence-electron chi connectivity index (χ0n) is 9.47. The van der Waals surface area contributed by atoms with Gasteiger partial charge in [0.15, 0.2) is 0 Å². The number of anilines is 1. The van der Waals surface area contributed by atoms with Crippen molar-refractivity contribution in [2.24, 2.45) is 0 Å². The first-order valence-electron chi connectivity index (χ1n) is 5.31. The van der Waals surface area contributed by atoms with Crippen LogP contribution in [-0.2, 0) is 6.18 Å². The Labute approximate surface area is 100 Å². The van der Waals surface area contributed by atoms with Gasteiger partial charge in [-0.15, -0.1) is 0 Å². The first-order chi connectivity index (χ1) is 8.41. The number of benzene rings is 1. The molecular weight excluding hydrogens is 247 g/mol. The summed E-state index contributed by atoms with van der Waals surface area (Å²) in [7, 11) is 0. The van der Waals surface area contributed by atoms with E-state index in [4.69, 9.17) is 4.42 Å². The highest BCUT2D eigenvalue weighted by atomic mass is 19.4. The molecule has 0 saturated carbocycles. The molecule has 0 saturated heterocycles. The second-order valence-corrected chi connectivity index (χ2v) is 3.72. The van der Waals surface area contributed by atoms with E-state index >= 15 is 0 Å². The first kappa shape index (κ1) is 12.5. The van der Waals surface area contributed by atoms with Gasteiger partial charge in [0, 0.05) is 24.1 Å². The van der Waals surface area contributed by atoms with E-state index in [1.54, 1.807) is 6.92 Å². The summed E-state index contributed by atoms with van der Waals surface area (Å²) in [6, 6.07) is 4.57. The van der Waals surface area contributed by atoms with Crippen molar-refractivity contribution in [2.75, 3.05) is 11.9 Å². The number of nitrogens with one attached hydrogen (secondary N) is 1. The Hall–Kier alpha value is -1.98. The fourth-order valence-corrected chi connectivity index (χ4v) is 1.69. The Kier molecular flexibility index (Phi) is 3.02. The molecule has 1 N–H and O–H groups in total. The SMILES string of the molecule is CCNc1cc2oc(=O)ccc2cc1C(F)(F)F. The summed E-state index contributed by atoms with van der Waals surface area (Å²) in [6.45, 7) is 2.02. The van der Waals surface area contributed by atoms with Gasteiger partial charge in [0.05, 0.1) is 11.3 Å². The van der Waals surface area contributed by atoms with Crippen LogP contribution in [0.2, 0.25) is 0 Å². The predicted molar refractivity (Wildman–Crippen MR) is 61.6 cm³/mol. The van der Waals surface area contributed by atoms with Crippen LogP contribution in [0.4, 0.5) is 18.9 Å². The van der Waals surface area contributed by atoms with Crippen molar-refractivity contribution in [3.05, 3.63) is 40.2 Å². The van der Waals surface area contributed by atoms with Crippen molar-refractivity contribution >= 4 is 16.7 Å². The van der Waals surface area contributed by atoms with Crippen LogP contribution in [0.1, 0.15) is 12.5 Å². The number of hydrogen-bond acceptors (Lipinski definition) is 3. The summed E-state index contributed by atoms with van der Waals surface area (Å²) in [4.78, 5) is 11.0. The van der Waals surface area contributed by atoms with Gasteiger partial charge in [-0.1, -0.05) is 0 Å². The maximum atomic E-state index is 12.8. The minimum absolute atomic E-state index is 0.0909. The summed E-state index contributed by atoms with van der Waals surface area (Å²) in [5.41, 5.74) is -1.33. The largest absolute Gasteiger partial charge is 0.423 e. The number of rotatable bonds is 2. The predicted octanol–water partition coefficient (Wildman–Crippen LogP) is 3.24. The first-order valence-corrected chi connectivity index (χ1v) is 5.31. The fourth-order valence-electron chi connectivity index (χ4n) is 1.69. The van der Waals surface area contributed by atoms with Crippen LogP contribution in [-0.4, -0.2) is 6.54 Å². The third kappa shape index (κ3) is 2.32. The highest BCUT2D eigenvalue weighted by Gasteiger charge is 2.34. The van der Waals surface area contributed by atoms with Crippen molar-refractivity contribution in [1.29, 1.82) is 0 Å². The molecular formula is C12H10F3NO2. The van der Waals surface area contributed by atoms with Gasteiger partial charge in [-0.2, -0.15) is 13.2 Å². The van der Waals surface area contributed by atoms with Crippen LogP contribution >= 0.6 is 0 Å². The molecule has 1 heterocycles. The lowest BCUT2D eigenvalue weighted by atomic mass is 10.1. The summed E-state index contributed by atoms with van der Waals surface area (Å²) in [5.74, 6) is 0. The third-order valence-electron chi connectivity index (χ3n) is 2.43. The van der Waals surface area contributed by atoms with Gasteiger partial charge in [-0.25, -0.2) is 4.79 Å². The van der Waals surface area contributed by atoms with Crippen molar-refractivity contribution in [1.82, 2.24) is 0 Å². The molecule has 0 aliphatic rings. The quantitative estimate of drug-likeness (QED) is 0.840. The normalized spacial score (nSPS) is 11.8. The Bertz CT molecular complexity index is 631. The maximum absolute atomic E-state index is 12.8. The van der Waals surface area contributed by atoms with Crippen molar-refractivity contribution in [3.63, 3.8) is 0 Å². The van der Waals surface area contributed by atoms with Crippen LogP contribution < -0.4 is 10.9 Å². The van der Waals surface area contributed by atoms with Crippen LogP contribution in [0.25, 0.3) is 11.0 Å². The Morgan fingerprint density at radius 1 is 1.28 bits per heavy atom. The molecule has 0 amide bonds. The molecule has 0 aliphatic heterocycles. The molecule has 0 radical (unpaired) electrons. The van der Waals surface area contributed by atoms with Gasteiger partial charge in [0.2, 0.25) is 0 Å². The van der Waals surface area contributed by atoms with Gasteiger partial charge < -0.3 is 9.73 Å². The molecule has 0 atom stereocenters. The van der Waals surface area contributed by atoms with Crippen LogP contribution in [0, 0.1) is 0 Å². The lowest BCUT2D eigenvalue weighted by Gasteiger charge is -2.14. The number of alkyl halides is 3. The fraction of sp³-hybridized carbons (Fsp3) is 0.250. The lowest BCUT2D eigenvalue weighted by Crippen LogP contribution is -2.11. The minimum atomic E-state index is -4.46. The second kappa shape index (κ2) is 4.36. The molecule has 96 valence electrons. The smallest absolute Gasteiger partial charge is 0.418 e. The average Bonchev–Trinajstić information content (AvgIpc) is 2.27.